The molecule has 1 atom stereocenters. The summed E-state index contributed by atoms with van der Waals surface area (Å²) in [5.41, 5.74) is 5.10. The van der Waals surface area contributed by atoms with E-state index in [9.17, 15) is 4.79 Å². The van der Waals surface area contributed by atoms with E-state index in [0.29, 0.717) is 13.1 Å². The molecular weight excluding hydrogens is 360 g/mol. The minimum absolute atomic E-state index is 0.0398. The zero-order valence-electron chi connectivity index (χ0n) is 17.8. The third-order valence-electron chi connectivity index (χ3n) is 5.17. The second-order valence-corrected chi connectivity index (χ2v) is 8.46. The molecule has 3 aliphatic rings. The number of fused-ring (bicyclic) bond motifs is 1. The number of piperazine rings is 1. The first kappa shape index (κ1) is 21.0. The minimum Gasteiger partial charge on any atom is -0.444 e. The maximum atomic E-state index is 12.1. The molecule has 1 aromatic rings. The summed E-state index contributed by atoms with van der Waals surface area (Å²) in [6, 6.07) is 16.4. The molecule has 0 N–H and O–H groups in total. The van der Waals surface area contributed by atoms with E-state index in [1.165, 1.54) is 16.7 Å². The highest BCUT2D eigenvalue weighted by Gasteiger charge is 2.28. The zero-order valence-corrected chi connectivity index (χ0v) is 17.8. The van der Waals surface area contributed by atoms with Crippen molar-refractivity contribution in [2.75, 3.05) is 26.2 Å². The fourth-order valence-corrected chi connectivity index (χ4v) is 3.53. The summed E-state index contributed by atoms with van der Waals surface area (Å²) in [6.07, 6.45) is 5.47. The Bertz CT molecular complexity index is 865. The summed E-state index contributed by atoms with van der Waals surface area (Å²) in [6.45, 7) is 10.6. The Morgan fingerprint density at radius 1 is 1.00 bits per heavy atom. The van der Waals surface area contributed by atoms with Gasteiger partial charge in [0, 0.05) is 26.2 Å². The summed E-state index contributed by atoms with van der Waals surface area (Å²) >= 11 is 0. The maximum absolute atomic E-state index is 12.1. The van der Waals surface area contributed by atoms with E-state index in [2.05, 4.69) is 35.9 Å². The first-order valence-corrected chi connectivity index (χ1v) is 10.1. The van der Waals surface area contributed by atoms with Gasteiger partial charge in [0.15, 0.2) is 0 Å². The zero-order chi connectivity index (χ0) is 21.0. The third kappa shape index (κ3) is 5.40. The van der Waals surface area contributed by atoms with E-state index >= 15 is 0 Å². The minimum atomic E-state index is -0.459. The molecule has 0 spiro atoms. The quantitative estimate of drug-likeness (QED) is 0.584. The largest absolute Gasteiger partial charge is 0.444 e. The van der Waals surface area contributed by atoms with Gasteiger partial charge in [-0.2, -0.15) is 0 Å². The molecule has 1 unspecified atom stereocenters. The first-order valence-electron chi connectivity index (χ1n) is 10.1. The molecule has 1 aliphatic heterocycles. The molecule has 1 saturated heterocycles. The molecule has 0 aromatic heterocycles. The van der Waals surface area contributed by atoms with Crippen molar-refractivity contribution in [3.63, 3.8) is 0 Å². The molecule has 2 aliphatic carbocycles. The number of nitrogens with zero attached hydrogens (tertiary/aromatic N) is 2. The van der Waals surface area contributed by atoms with Crippen LogP contribution in [0.25, 0.3) is 11.1 Å². The molecule has 4 heteroatoms. The van der Waals surface area contributed by atoms with Crippen molar-refractivity contribution in [1.29, 1.82) is 0 Å². The molecule has 0 bridgehead atoms. The van der Waals surface area contributed by atoms with Crippen LogP contribution in [0.2, 0.25) is 0 Å². The Hall–Kier alpha value is -2.77. The van der Waals surface area contributed by atoms with Crippen LogP contribution in [0, 0.1) is 19.3 Å². The molecule has 0 radical (unpaired) electrons. The summed E-state index contributed by atoms with van der Waals surface area (Å²) in [5.74, 6) is 2.86. The average Bonchev–Trinajstić information content (AvgIpc) is 3.07. The van der Waals surface area contributed by atoms with Gasteiger partial charge in [-0.05, 0) is 49.9 Å². The Balaban J connectivity index is 0.000000283. The molecule has 4 rings (SSSR count). The molecule has 4 nitrogen and oxygen atoms in total. The van der Waals surface area contributed by atoms with Crippen LogP contribution in [-0.2, 0) is 4.74 Å². The van der Waals surface area contributed by atoms with E-state index in [4.69, 9.17) is 11.2 Å². The smallest absolute Gasteiger partial charge is 0.410 e. The van der Waals surface area contributed by atoms with Crippen molar-refractivity contribution < 1.29 is 9.53 Å². The van der Waals surface area contributed by atoms with E-state index in [0.717, 1.165) is 18.7 Å². The molecule has 1 amide bonds. The molecule has 152 valence electrons. The van der Waals surface area contributed by atoms with Crippen molar-refractivity contribution in [3.8, 4) is 23.5 Å². The second-order valence-electron chi connectivity index (χ2n) is 8.46. The van der Waals surface area contributed by atoms with Crippen LogP contribution in [0.3, 0.4) is 0 Å². The predicted octanol–water partition coefficient (Wildman–Crippen LogP) is 4.89. The van der Waals surface area contributed by atoms with Crippen molar-refractivity contribution in [2.24, 2.45) is 0 Å². The Labute approximate surface area is 174 Å². The van der Waals surface area contributed by atoms with Gasteiger partial charge in [-0.3, -0.25) is 4.90 Å². The summed E-state index contributed by atoms with van der Waals surface area (Å²) in [4.78, 5) is 16.1. The monoisotopic (exact) mass is 390 g/mol. The molecule has 1 fully saturated rings. The van der Waals surface area contributed by atoms with Gasteiger partial charge in [-0.25, -0.2) is 4.79 Å². The van der Waals surface area contributed by atoms with Gasteiger partial charge in [0.1, 0.15) is 5.60 Å². The predicted molar refractivity (Wildman–Crippen MR) is 118 cm³/mol. The lowest BCUT2D eigenvalue weighted by molar-refractivity contribution is 0.0125. The number of hydrogen-bond donors (Lipinski definition) is 0. The van der Waals surface area contributed by atoms with Gasteiger partial charge in [0.05, 0.1) is 6.04 Å². The highest BCUT2D eigenvalue weighted by molar-refractivity contribution is 5.88. The van der Waals surface area contributed by atoms with Crippen molar-refractivity contribution >= 4 is 6.09 Å². The van der Waals surface area contributed by atoms with Gasteiger partial charge < -0.3 is 9.64 Å². The van der Waals surface area contributed by atoms with Crippen LogP contribution in [0.15, 0.2) is 48.5 Å². The van der Waals surface area contributed by atoms with E-state index in [-0.39, 0.29) is 12.1 Å². The van der Waals surface area contributed by atoms with Crippen LogP contribution in [-0.4, -0.2) is 47.7 Å². The fourth-order valence-electron chi connectivity index (χ4n) is 3.53. The summed E-state index contributed by atoms with van der Waals surface area (Å²) in [5, 5.41) is 0. The standard InChI is InChI=1S/C18H24N2O2.C7H6/c1-5-16(15-9-7-6-8-10-15)19-11-13-20(14-12-19)17(21)22-18(2,3)4;1-5-6-3-2-4-7(5)6/h1,6-10,16H,11-14H2,2-4H3;2-4H,1H3. The van der Waals surface area contributed by atoms with E-state index < -0.39 is 5.60 Å². The molecule has 1 aromatic carbocycles. The van der Waals surface area contributed by atoms with E-state index in [1.807, 2.05) is 51.1 Å². The lowest BCUT2D eigenvalue weighted by atomic mass is 10.1. The highest BCUT2D eigenvalue weighted by Crippen LogP contribution is 2.41. The number of hydrogen-bond acceptors (Lipinski definition) is 3. The highest BCUT2D eigenvalue weighted by atomic mass is 16.6. The van der Waals surface area contributed by atoms with Gasteiger partial charge in [-0.1, -0.05) is 54.5 Å². The van der Waals surface area contributed by atoms with Gasteiger partial charge in [0.2, 0.25) is 0 Å². The Morgan fingerprint density at radius 3 is 2.03 bits per heavy atom. The first-order chi connectivity index (χ1) is 13.8. The third-order valence-corrected chi connectivity index (χ3v) is 5.17. The van der Waals surface area contributed by atoms with Crippen molar-refractivity contribution in [2.45, 2.75) is 39.3 Å². The van der Waals surface area contributed by atoms with Crippen LogP contribution in [0.5, 0.6) is 0 Å². The second kappa shape index (κ2) is 8.71. The number of amides is 1. The number of carbonyl (C=O) groups is 1. The molecule has 0 saturated carbocycles. The number of benzene rings is 2. The number of rotatable bonds is 2. The van der Waals surface area contributed by atoms with Crippen molar-refractivity contribution in [1.82, 2.24) is 9.80 Å². The van der Waals surface area contributed by atoms with Gasteiger partial charge in [0.25, 0.3) is 0 Å². The lowest BCUT2D eigenvalue weighted by Gasteiger charge is -2.38. The average molecular weight is 391 g/mol. The number of carbonyl (C=O) groups excluding carboxylic acids is 1. The Kier molecular flexibility index (Phi) is 6.30. The van der Waals surface area contributed by atoms with Crippen LogP contribution in [0.4, 0.5) is 4.79 Å². The lowest BCUT2D eigenvalue weighted by Crippen LogP contribution is -2.50. The summed E-state index contributed by atoms with van der Waals surface area (Å²) < 4.78 is 5.41. The van der Waals surface area contributed by atoms with E-state index in [1.54, 1.807) is 4.90 Å². The molecular formula is C25H30N2O2. The topological polar surface area (TPSA) is 32.8 Å². The number of ether oxygens (including phenoxy) is 1. The van der Waals surface area contributed by atoms with Gasteiger partial charge in [-0.15, -0.1) is 6.42 Å². The normalized spacial score (nSPS) is 16.2. The van der Waals surface area contributed by atoms with Crippen LogP contribution in [0.1, 0.15) is 37.9 Å². The summed E-state index contributed by atoms with van der Waals surface area (Å²) in [7, 11) is 0. The Morgan fingerprint density at radius 2 is 1.59 bits per heavy atom. The maximum Gasteiger partial charge on any atom is 0.410 e. The fraction of sp³-hybridized carbons (Fsp3) is 0.400. The van der Waals surface area contributed by atoms with Crippen molar-refractivity contribution in [3.05, 3.63) is 59.7 Å². The molecule has 1 heterocycles. The number of aryl methyl sites for hydroxylation is 1. The SMILES string of the molecule is C#CC(c1ccccc1)N1CCN(C(=O)OC(C)(C)C)CC1.Cc1c2cccc1-2. The number of terminal acetylenes is 1. The molecule has 29 heavy (non-hydrogen) atoms. The van der Waals surface area contributed by atoms with Gasteiger partial charge >= 0.3 is 6.09 Å². The van der Waals surface area contributed by atoms with Crippen LogP contribution >= 0.6 is 0 Å². The van der Waals surface area contributed by atoms with Crippen LogP contribution < -0.4 is 0 Å².